The molecule has 1 aromatic carbocycles. The second kappa shape index (κ2) is 6.52. The minimum atomic E-state index is -0.467. The minimum Gasteiger partial charge on any atom is -0.444 e. The van der Waals surface area contributed by atoms with Crippen LogP contribution in [-0.4, -0.2) is 28.7 Å². The second-order valence-corrected chi connectivity index (χ2v) is 8.23. The number of amides is 1. The molecule has 0 saturated carbocycles. The van der Waals surface area contributed by atoms with Gasteiger partial charge in [0.25, 0.3) is 0 Å². The SMILES string of the molecule is CC(C)(C)OC(=O)N1CC(CC(N)c2ccccc2)CC1(C)C. The van der Waals surface area contributed by atoms with Crippen molar-refractivity contribution in [3.05, 3.63) is 35.9 Å². The molecule has 128 valence electrons. The number of rotatable bonds is 3. The van der Waals surface area contributed by atoms with Crippen molar-refractivity contribution in [3.8, 4) is 0 Å². The molecule has 1 aromatic rings. The van der Waals surface area contributed by atoms with Crippen molar-refractivity contribution in [1.29, 1.82) is 0 Å². The number of hydrogen-bond donors (Lipinski definition) is 1. The maximum Gasteiger partial charge on any atom is 0.410 e. The fraction of sp³-hybridized carbons (Fsp3) is 0.632. The molecule has 0 radical (unpaired) electrons. The Labute approximate surface area is 140 Å². The van der Waals surface area contributed by atoms with Crippen LogP contribution >= 0.6 is 0 Å². The molecule has 23 heavy (non-hydrogen) atoms. The van der Waals surface area contributed by atoms with Crippen LogP contribution in [0, 0.1) is 5.92 Å². The van der Waals surface area contributed by atoms with E-state index in [-0.39, 0.29) is 17.7 Å². The lowest BCUT2D eigenvalue weighted by Crippen LogP contribution is -2.45. The Morgan fingerprint density at radius 1 is 1.35 bits per heavy atom. The second-order valence-electron chi connectivity index (χ2n) is 8.23. The van der Waals surface area contributed by atoms with Gasteiger partial charge in [-0.2, -0.15) is 0 Å². The van der Waals surface area contributed by atoms with E-state index >= 15 is 0 Å². The number of benzene rings is 1. The van der Waals surface area contributed by atoms with Crippen LogP contribution in [0.3, 0.4) is 0 Å². The summed E-state index contributed by atoms with van der Waals surface area (Å²) in [6.45, 7) is 10.6. The Balaban J connectivity index is 2.00. The summed E-state index contributed by atoms with van der Waals surface area (Å²) in [7, 11) is 0. The molecular weight excluding hydrogens is 288 g/mol. The average molecular weight is 318 g/mol. The number of nitrogens with zero attached hydrogens (tertiary/aromatic N) is 1. The first-order valence-corrected chi connectivity index (χ1v) is 8.40. The maximum absolute atomic E-state index is 12.5. The first-order valence-electron chi connectivity index (χ1n) is 8.40. The van der Waals surface area contributed by atoms with Gasteiger partial charge >= 0.3 is 6.09 Å². The summed E-state index contributed by atoms with van der Waals surface area (Å²) in [5.41, 5.74) is 6.85. The molecule has 1 heterocycles. The fourth-order valence-corrected chi connectivity index (χ4v) is 3.38. The normalized spacial score (nSPS) is 22.0. The third kappa shape index (κ3) is 4.71. The highest BCUT2D eigenvalue weighted by atomic mass is 16.6. The van der Waals surface area contributed by atoms with Gasteiger partial charge in [0.1, 0.15) is 5.60 Å². The molecule has 2 rings (SSSR count). The van der Waals surface area contributed by atoms with Gasteiger partial charge in [-0.1, -0.05) is 30.3 Å². The number of carbonyl (C=O) groups excluding carboxylic acids is 1. The van der Waals surface area contributed by atoms with E-state index in [0.29, 0.717) is 12.5 Å². The Morgan fingerprint density at radius 3 is 2.52 bits per heavy atom. The monoisotopic (exact) mass is 318 g/mol. The zero-order valence-corrected chi connectivity index (χ0v) is 15.0. The molecule has 0 aromatic heterocycles. The molecule has 1 aliphatic rings. The standard InChI is InChI=1S/C19H30N2O2/c1-18(2,3)23-17(22)21-13-14(12-19(21,4)5)11-16(20)15-9-7-6-8-10-15/h6-10,14,16H,11-13,20H2,1-5H3. The smallest absolute Gasteiger partial charge is 0.410 e. The van der Waals surface area contributed by atoms with Gasteiger partial charge in [-0.15, -0.1) is 0 Å². The average Bonchev–Trinajstić information content (AvgIpc) is 2.72. The van der Waals surface area contributed by atoms with Crippen molar-refractivity contribution >= 4 is 6.09 Å². The molecule has 4 heteroatoms. The van der Waals surface area contributed by atoms with Crippen molar-refractivity contribution < 1.29 is 9.53 Å². The van der Waals surface area contributed by atoms with Crippen molar-refractivity contribution in [2.45, 2.75) is 64.6 Å². The lowest BCUT2D eigenvalue weighted by Gasteiger charge is -2.33. The van der Waals surface area contributed by atoms with Crippen LogP contribution in [-0.2, 0) is 4.74 Å². The van der Waals surface area contributed by atoms with Crippen LogP contribution in [0.25, 0.3) is 0 Å². The van der Waals surface area contributed by atoms with Crippen LogP contribution < -0.4 is 5.73 Å². The Morgan fingerprint density at radius 2 is 1.96 bits per heavy atom. The molecule has 2 unspecified atom stereocenters. The molecule has 1 saturated heterocycles. The molecule has 2 N–H and O–H groups in total. The summed E-state index contributed by atoms with van der Waals surface area (Å²) >= 11 is 0. The van der Waals surface area contributed by atoms with Crippen molar-refractivity contribution in [2.24, 2.45) is 11.7 Å². The largest absolute Gasteiger partial charge is 0.444 e. The van der Waals surface area contributed by atoms with Gasteiger partial charge in [0.05, 0.1) is 0 Å². The third-order valence-electron chi connectivity index (χ3n) is 4.39. The zero-order chi connectivity index (χ0) is 17.3. The van der Waals surface area contributed by atoms with Crippen LogP contribution in [0.2, 0.25) is 0 Å². The summed E-state index contributed by atoms with van der Waals surface area (Å²) in [4.78, 5) is 14.3. The first-order chi connectivity index (χ1) is 10.6. The third-order valence-corrected chi connectivity index (χ3v) is 4.39. The van der Waals surface area contributed by atoms with Crippen LogP contribution in [0.15, 0.2) is 30.3 Å². The molecular formula is C19H30N2O2. The van der Waals surface area contributed by atoms with Gasteiger partial charge in [0.15, 0.2) is 0 Å². The number of carbonyl (C=O) groups is 1. The van der Waals surface area contributed by atoms with Gasteiger partial charge in [0, 0.05) is 18.1 Å². The van der Waals surface area contributed by atoms with Gasteiger partial charge in [0.2, 0.25) is 0 Å². The van der Waals surface area contributed by atoms with Gasteiger partial charge in [-0.25, -0.2) is 4.79 Å². The quantitative estimate of drug-likeness (QED) is 0.912. The lowest BCUT2D eigenvalue weighted by atomic mass is 9.90. The highest BCUT2D eigenvalue weighted by Gasteiger charge is 2.43. The molecule has 2 atom stereocenters. The number of likely N-dealkylation sites (tertiary alicyclic amines) is 1. The zero-order valence-electron chi connectivity index (χ0n) is 15.0. The molecule has 0 bridgehead atoms. The lowest BCUT2D eigenvalue weighted by molar-refractivity contribution is 0.0130. The molecule has 4 nitrogen and oxygen atoms in total. The van der Waals surface area contributed by atoms with Gasteiger partial charge < -0.3 is 15.4 Å². The molecule has 1 aliphatic heterocycles. The summed E-state index contributed by atoms with van der Waals surface area (Å²) in [5.74, 6) is 0.396. The van der Waals surface area contributed by atoms with E-state index < -0.39 is 5.60 Å². The summed E-state index contributed by atoms with van der Waals surface area (Å²) < 4.78 is 5.55. The van der Waals surface area contributed by atoms with Gasteiger partial charge in [-0.05, 0) is 58.9 Å². The Kier molecular flexibility index (Phi) is 5.04. The Hall–Kier alpha value is -1.55. The summed E-state index contributed by atoms with van der Waals surface area (Å²) in [6.07, 6.45) is 1.61. The van der Waals surface area contributed by atoms with E-state index in [0.717, 1.165) is 18.4 Å². The summed E-state index contributed by atoms with van der Waals surface area (Å²) in [6, 6.07) is 10.2. The first kappa shape index (κ1) is 17.8. The van der Waals surface area contributed by atoms with E-state index in [2.05, 4.69) is 26.0 Å². The number of hydrogen-bond acceptors (Lipinski definition) is 3. The van der Waals surface area contributed by atoms with Crippen molar-refractivity contribution in [1.82, 2.24) is 4.90 Å². The van der Waals surface area contributed by atoms with E-state index in [4.69, 9.17) is 10.5 Å². The van der Waals surface area contributed by atoms with Crippen LogP contribution in [0.5, 0.6) is 0 Å². The van der Waals surface area contributed by atoms with Crippen LogP contribution in [0.4, 0.5) is 4.79 Å². The van der Waals surface area contributed by atoms with E-state index in [9.17, 15) is 4.79 Å². The highest BCUT2D eigenvalue weighted by Crippen LogP contribution is 2.37. The highest BCUT2D eigenvalue weighted by molar-refractivity contribution is 5.69. The predicted molar refractivity (Wildman–Crippen MR) is 93.1 cm³/mol. The molecule has 1 amide bonds. The van der Waals surface area contributed by atoms with Crippen molar-refractivity contribution in [2.75, 3.05) is 6.54 Å². The summed E-state index contributed by atoms with van der Waals surface area (Å²) in [5, 5.41) is 0. The van der Waals surface area contributed by atoms with E-state index in [1.54, 1.807) is 0 Å². The fourth-order valence-electron chi connectivity index (χ4n) is 3.38. The topological polar surface area (TPSA) is 55.6 Å². The Bertz CT molecular complexity index is 534. The van der Waals surface area contributed by atoms with E-state index in [1.807, 2.05) is 43.9 Å². The molecule has 0 spiro atoms. The minimum absolute atomic E-state index is 0.00980. The van der Waals surface area contributed by atoms with Gasteiger partial charge in [-0.3, -0.25) is 0 Å². The molecule has 0 aliphatic carbocycles. The maximum atomic E-state index is 12.5. The van der Waals surface area contributed by atoms with Crippen molar-refractivity contribution in [3.63, 3.8) is 0 Å². The number of nitrogens with two attached hydrogens (primary N) is 1. The number of ether oxygens (including phenoxy) is 1. The molecule has 1 fully saturated rings. The predicted octanol–water partition coefficient (Wildman–Crippen LogP) is 4.11. The van der Waals surface area contributed by atoms with Crippen LogP contribution in [0.1, 0.15) is 59.1 Å². The van der Waals surface area contributed by atoms with E-state index in [1.165, 1.54) is 0 Å².